The predicted octanol–water partition coefficient (Wildman–Crippen LogP) is 3.71. The smallest absolute Gasteiger partial charge is 0.138 e. The molecule has 0 atom stereocenters. The highest BCUT2D eigenvalue weighted by Gasteiger charge is 1.99. The van der Waals surface area contributed by atoms with Crippen LogP contribution in [0.4, 0.5) is 5.69 Å². The van der Waals surface area contributed by atoms with Crippen molar-refractivity contribution in [2.75, 3.05) is 11.7 Å². The summed E-state index contributed by atoms with van der Waals surface area (Å²) in [7, 11) is 0. The highest BCUT2D eigenvalue weighted by atomic mass is 32.2. The number of aryl methyl sites for hydroxylation is 1. The molecule has 2 N–H and O–H groups in total. The summed E-state index contributed by atoms with van der Waals surface area (Å²) in [6.07, 6.45) is 0. The lowest BCUT2D eigenvalue weighted by Crippen LogP contribution is -1.94. The van der Waals surface area contributed by atoms with Crippen molar-refractivity contribution in [3.63, 3.8) is 0 Å². The first-order valence-electron chi connectivity index (χ1n) is 5.42. The first-order valence-corrected chi connectivity index (χ1v) is 6.41. The van der Waals surface area contributed by atoms with E-state index < -0.39 is 0 Å². The van der Waals surface area contributed by atoms with Gasteiger partial charge >= 0.3 is 0 Å². The molecule has 0 amide bonds. The number of hydrogen-bond donors (Lipinski definition) is 1. The van der Waals surface area contributed by atoms with Crippen molar-refractivity contribution in [2.24, 2.45) is 0 Å². The fourth-order valence-electron chi connectivity index (χ4n) is 1.41. The summed E-state index contributed by atoms with van der Waals surface area (Å²) in [6, 6.07) is 15.8. The summed E-state index contributed by atoms with van der Waals surface area (Å²) in [5, 5.41) is 0. The fourth-order valence-corrected chi connectivity index (χ4v) is 2.14. The van der Waals surface area contributed by atoms with E-state index in [9.17, 15) is 0 Å². The lowest BCUT2D eigenvalue weighted by molar-refractivity contribution is 0.393. The minimum absolute atomic E-state index is 0.567. The Morgan fingerprint density at radius 3 is 2.47 bits per heavy atom. The Bertz CT molecular complexity index is 482. The summed E-state index contributed by atoms with van der Waals surface area (Å²) in [5.41, 5.74) is 7.87. The molecule has 0 aromatic heterocycles. The van der Waals surface area contributed by atoms with E-state index in [4.69, 9.17) is 10.5 Å². The summed E-state index contributed by atoms with van der Waals surface area (Å²) < 4.78 is 5.63. The van der Waals surface area contributed by atoms with Gasteiger partial charge in [0.1, 0.15) is 11.7 Å². The van der Waals surface area contributed by atoms with Crippen molar-refractivity contribution in [1.29, 1.82) is 0 Å². The monoisotopic (exact) mass is 245 g/mol. The van der Waals surface area contributed by atoms with Crippen LogP contribution in [0.1, 0.15) is 5.56 Å². The van der Waals surface area contributed by atoms with Crippen LogP contribution in [-0.4, -0.2) is 5.94 Å². The molecule has 2 aromatic carbocycles. The maximum Gasteiger partial charge on any atom is 0.138 e. The van der Waals surface area contributed by atoms with E-state index in [1.807, 2.05) is 48.5 Å². The summed E-state index contributed by atoms with van der Waals surface area (Å²) >= 11 is 1.60. The van der Waals surface area contributed by atoms with Gasteiger partial charge in [0.2, 0.25) is 0 Å². The van der Waals surface area contributed by atoms with Gasteiger partial charge in [-0.3, -0.25) is 0 Å². The number of benzene rings is 2. The normalized spacial score (nSPS) is 10.2. The zero-order valence-electron chi connectivity index (χ0n) is 9.72. The molecule has 0 saturated carbocycles. The van der Waals surface area contributed by atoms with Crippen molar-refractivity contribution < 1.29 is 4.74 Å². The maximum absolute atomic E-state index is 5.84. The van der Waals surface area contributed by atoms with Crippen molar-refractivity contribution in [3.8, 4) is 5.75 Å². The number of thioether (sulfide) groups is 1. The molecule has 2 aromatic rings. The first-order chi connectivity index (χ1) is 8.25. The number of nitrogens with two attached hydrogens (primary N) is 1. The van der Waals surface area contributed by atoms with Crippen molar-refractivity contribution >= 4 is 17.4 Å². The van der Waals surface area contributed by atoms with E-state index >= 15 is 0 Å². The second-order valence-electron chi connectivity index (χ2n) is 3.76. The molecule has 17 heavy (non-hydrogen) atoms. The lowest BCUT2D eigenvalue weighted by Gasteiger charge is -2.07. The number of nitrogen functional groups attached to an aromatic ring is 1. The van der Waals surface area contributed by atoms with Crippen LogP contribution in [0.15, 0.2) is 53.4 Å². The Hall–Kier alpha value is -1.61. The number of anilines is 1. The maximum atomic E-state index is 5.84. The van der Waals surface area contributed by atoms with Crippen LogP contribution in [-0.2, 0) is 0 Å². The van der Waals surface area contributed by atoms with E-state index in [2.05, 4.69) is 6.92 Å². The highest BCUT2D eigenvalue weighted by Crippen LogP contribution is 2.25. The van der Waals surface area contributed by atoms with E-state index in [0.29, 0.717) is 5.94 Å². The van der Waals surface area contributed by atoms with Gasteiger partial charge in [0.05, 0.1) is 0 Å². The Morgan fingerprint density at radius 1 is 1.06 bits per heavy atom. The Kier molecular flexibility index (Phi) is 3.94. The molecule has 0 bridgehead atoms. The van der Waals surface area contributed by atoms with Gasteiger partial charge < -0.3 is 10.5 Å². The van der Waals surface area contributed by atoms with E-state index in [1.54, 1.807) is 11.8 Å². The predicted molar refractivity (Wildman–Crippen MR) is 73.4 cm³/mol. The molecule has 0 aliphatic rings. The Balaban J connectivity index is 1.88. The quantitative estimate of drug-likeness (QED) is 0.506. The molecule has 0 fully saturated rings. The van der Waals surface area contributed by atoms with E-state index in [-0.39, 0.29) is 0 Å². The van der Waals surface area contributed by atoms with Gasteiger partial charge in [-0.2, -0.15) is 0 Å². The molecule has 0 heterocycles. The molecule has 0 radical (unpaired) electrons. The van der Waals surface area contributed by atoms with Crippen molar-refractivity contribution in [2.45, 2.75) is 11.8 Å². The van der Waals surface area contributed by atoms with Crippen LogP contribution in [0.25, 0.3) is 0 Å². The SMILES string of the molecule is Cc1ccc(OCSc2ccccc2N)cc1. The van der Waals surface area contributed by atoms with Gasteiger partial charge in [-0.15, -0.1) is 0 Å². The van der Waals surface area contributed by atoms with Gasteiger partial charge in [0.25, 0.3) is 0 Å². The minimum atomic E-state index is 0.567. The van der Waals surface area contributed by atoms with Gasteiger partial charge in [-0.1, -0.05) is 41.6 Å². The standard InChI is InChI=1S/C14H15NOS/c1-11-6-8-12(9-7-11)16-10-17-14-5-3-2-4-13(14)15/h2-9H,10,15H2,1H3. The van der Waals surface area contributed by atoms with Crippen LogP contribution < -0.4 is 10.5 Å². The zero-order valence-corrected chi connectivity index (χ0v) is 10.5. The average molecular weight is 245 g/mol. The Morgan fingerprint density at radius 2 is 1.76 bits per heavy atom. The lowest BCUT2D eigenvalue weighted by atomic mass is 10.2. The third-order valence-corrected chi connectivity index (χ3v) is 3.30. The van der Waals surface area contributed by atoms with E-state index in [1.165, 1.54) is 5.56 Å². The molecule has 0 spiro atoms. The summed E-state index contributed by atoms with van der Waals surface area (Å²) in [5.74, 6) is 1.45. The molecule has 3 heteroatoms. The van der Waals surface area contributed by atoms with Gasteiger partial charge in [0.15, 0.2) is 0 Å². The Labute approximate surface area is 106 Å². The minimum Gasteiger partial charge on any atom is -0.483 e. The molecule has 88 valence electrons. The first kappa shape index (κ1) is 11.9. The van der Waals surface area contributed by atoms with Crippen LogP contribution in [0.3, 0.4) is 0 Å². The zero-order chi connectivity index (χ0) is 12.1. The second-order valence-corrected chi connectivity index (χ2v) is 4.72. The number of para-hydroxylation sites is 1. The third kappa shape index (κ3) is 3.43. The molecule has 0 aliphatic carbocycles. The van der Waals surface area contributed by atoms with E-state index in [0.717, 1.165) is 16.3 Å². The van der Waals surface area contributed by atoms with Crippen LogP contribution >= 0.6 is 11.8 Å². The molecule has 0 saturated heterocycles. The molecular formula is C14H15NOS. The molecular weight excluding hydrogens is 230 g/mol. The highest BCUT2D eigenvalue weighted by molar-refractivity contribution is 7.99. The van der Waals surface area contributed by atoms with Crippen LogP contribution in [0.5, 0.6) is 5.75 Å². The molecule has 2 nitrogen and oxygen atoms in total. The van der Waals surface area contributed by atoms with Crippen LogP contribution in [0.2, 0.25) is 0 Å². The van der Waals surface area contributed by atoms with Crippen molar-refractivity contribution in [3.05, 3.63) is 54.1 Å². The number of ether oxygens (including phenoxy) is 1. The molecule has 0 aliphatic heterocycles. The largest absolute Gasteiger partial charge is 0.483 e. The third-order valence-electron chi connectivity index (χ3n) is 2.38. The second kappa shape index (κ2) is 5.64. The number of hydrogen-bond acceptors (Lipinski definition) is 3. The van der Waals surface area contributed by atoms with Gasteiger partial charge in [-0.05, 0) is 31.2 Å². The van der Waals surface area contributed by atoms with Crippen LogP contribution in [0, 0.1) is 6.92 Å². The fraction of sp³-hybridized carbons (Fsp3) is 0.143. The topological polar surface area (TPSA) is 35.2 Å². The van der Waals surface area contributed by atoms with Gasteiger partial charge in [0, 0.05) is 10.6 Å². The molecule has 2 rings (SSSR count). The number of rotatable bonds is 4. The summed E-state index contributed by atoms with van der Waals surface area (Å²) in [6.45, 7) is 2.06. The molecule has 0 unspecified atom stereocenters. The average Bonchev–Trinajstić information content (AvgIpc) is 2.34. The summed E-state index contributed by atoms with van der Waals surface area (Å²) in [4.78, 5) is 1.06. The van der Waals surface area contributed by atoms with Gasteiger partial charge in [-0.25, -0.2) is 0 Å². The van der Waals surface area contributed by atoms with Crippen molar-refractivity contribution in [1.82, 2.24) is 0 Å².